The molecule has 1 saturated heterocycles. The molecule has 4 heterocycles. The molecule has 7 heteroatoms. The third kappa shape index (κ3) is 3.22. The Labute approximate surface area is 169 Å². The van der Waals surface area contributed by atoms with Crippen LogP contribution in [0.5, 0.6) is 0 Å². The van der Waals surface area contributed by atoms with Gasteiger partial charge in [0.1, 0.15) is 5.82 Å². The number of anilines is 2. The van der Waals surface area contributed by atoms with E-state index in [4.69, 9.17) is 4.42 Å². The number of fused-ring (bicyclic) bond motifs is 1. The van der Waals surface area contributed by atoms with Gasteiger partial charge in [0.05, 0.1) is 6.26 Å². The van der Waals surface area contributed by atoms with E-state index in [-0.39, 0.29) is 0 Å². The van der Waals surface area contributed by atoms with Crippen LogP contribution in [-0.2, 0) is 0 Å². The fraction of sp³-hybridized carbons (Fsp3) is 0.318. The molecule has 0 bridgehead atoms. The molecule has 0 spiro atoms. The van der Waals surface area contributed by atoms with E-state index < -0.39 is 0 Å². The molecule has 0 saturated carbocycles. The van der Waals surface area contributed by atoms with Crippen LogP contribution in [0.1, 0.15) is 18.2 Å². The Morgan fingerprint density at radius 3 is 2.69 bits per heavy atom. The summed E-state index contributed by atoms with van der Waals surface area (Å²) in [6.45, 7) is 9.18. The number of furan rings is 1. The van der Waals surface area contributed by atoms with Crippen LogP contribution >= 0.6 is 0 Å². The zero-order chi connectivity index (χ0) is 20.0. The highest BCUT2D eigenvalue weighted by atomic mass is 16.3. The van der Waals surface area contributed by atoms with Crippen LogP contribution < -0.4 is 9.80 Å². The maximum atomic E-state index is 5.47. The Balaban J connectivity index is 1.47. The Kier molecular flexibility index (Phi) is 4.23. The van der Waals surface area contributed by atoms with E-state index in [9.17, 15) is 0 Å². The van der Waals surface area contributed by atoms with Gasteiger partial charge in [0.15, 0.2) is 5.76 Å². The molecule has 0 N–H and O–H groups in total. The number of hydrogen-bond acceptors (Lipinski definition) is 6. The lowest BCUT2D eigenvalue weighted by atomic mass is 10.1. The average molecular weight is 388 g/mol. The first-order valence-corrected chi connectivity index (χ1v) is 9.95. The molecular formula is C22H24N6O. The van der Waals surface area contributed by atoms with Gasteiger partial charge in [0.2, 0.25) is 5.82 Å². The first kappa shape index (κ1) is 17.7. The quantitative estimate of drug-likeness (QED) is 0.533. The van der Waals surface area contributed by atoms with Gasteiger partial charge in [-0.2, -0.15) is 9.50 Å². The van der Waals surface area contributed by atoms with Gasteiger partial charge < -0.3 is 14.2 Å². The van der Waals surface area contributed by atoms with E-state index in [2.05, 4.69) is 69.0 Å². The van der Waals surface area contributed by atoms with E-state index in [1.165, 1.54) is 11.3 Å². The van der Waals surface area contributed by atoms with E-state index in [0.29, 0.717) is 23.4 Å². The summed E-state index contributed by atoms with van der Waals surface area (Å²) in [6.07, 6.45) is 1.63. The number of rotatable bonds is 3. The highest BCUT2D eigenvalue weighted by Gasteiger charge is 2.26. The van der Waals surface area contributed by atoms with Crippen molar-refractivity contribution in [2.45, 2.75) is 26.8 Å². The number of benzene rings is 1. The van der Waals surface area contributed by atoms with Gasteiger partial charge in [0, 0.05) is 43.1 Å². The van der Waals surface area contributed by atoms with E-state index in [1.54, 1.807) is 6.26 Å². The summed E-state index contributed by atoms with van der Waals surface area (Å²) in [7, 11) is 0. The number of nitrogens with zero attached hydrogens (tertiary/aromatic N) is 6. The highest BCUT2D eigenvalue weighted by molar-refractivity contribution is 5.56. The largest absolute Gasteiger partial charge is 0.461 e. The van der Waals surface area contributed by atoms with Gasteiger partial charge in [-0.1, -0.05) is 12.1 Å². The zero-order valence-electron chi connectivity index (χ0n) is 16.9. The molecule has 1 aliphatic rings. The lowest BCUT2D eigenvalue weighted by molar-refractivity contribution is 0.543. The molecule has 0 amide bonds. The van der Waals surface area contributed by atoms with E-state index in [1.807, 2.05) is 23.6 Å². The second kappa shape index (κ2) is 6.92. The summed E-state index contributed by atoms with van der Waals surface area (Å²) >= 11 is 0. The fourth-order valence-corrected chi connectivity index (χ4v) is 4.06. The first-order valence-electron chi connectivity index (χ1n) is 9.95. The fourth-order valence-electron chi connectivity index (χ4n) is 4.06. The molecule has 148 valence electrons. The summed E-state index contributed by atoms with van der Waals surface area (Å²) < 4.78 is 7.30. The molecule has 1 atom stereocenters. The molecule has 29 heavy (non-hydrogen) atoms. The number of hydrogen-bond donors (Lipinski definition) is 0. The molecule has 0 unspecified atom stereocenters. The third-order valence-electron chi connectivity index (χ3n) is 5.45. The van der Waals surface area contributed by atoms with E-state index >= 15 is 0 Å². The molecule has 4 aromatic rings. The molecule has 0 aliphatic carbocycles. The van der Waals surface area contributed by atoms with Crippen molar-refractivity contribution in [1.82, 2.24) is 19.6 Å². The average Bonchev–Trinajstić information content (AvgIpc) is 3.36. The zero-order valence-corrected chi connectivity index (χ0v) is 16.9. The minimum Gasteiger partial charge on any atom is -0.461 e. The molecular weight excluding hydrogens is 364 g/mol. The lowest BCUT2D eigenvalue weighted by Crippen LogP contribution is -2.52. The summed E-state index contributed by atoms with van der Waals surface area (Å²) in [6, 6.07) is 14.9. The van der Waals surface area contributed by atoms with E-state index in [0.717, 1.165) is 31.1 Å². The van der Waals surface area contributed by atoms with Gasteiger partial charge in [-0.15, -0.1) is 5.10 Å². The van der Waals surface area contributed by atoms with Crippen molar-refractivity contribution in [2.75, 3.05) is 29.4 Å². The summed E-state index contributed by atoms with van der Waals surface area (Å²) in [5, 5.41) is 4.68. The van der Waals surface area contributed by atoms with Crippen LogP contribution in [0.4, 0.5) is 11.5 Å². The van der Waals surface area contributed by atoms with Gasteiger partial charge in [0.25, 0.3) is 5.78 Å². The molecule has 7 nitrogen and oxygen atoms in total. The van der Waals surface area contributed by atoms with Crippen molar-refractivity contribution in [3.05, 3.63) is 60.0 Å². The molecule has 3 aromatic heterocycles. The van der Waals surface area contributed by atoms with Crippen molar-refractivity contribution < 1.29 is 4.42 Å². The lowest BCUT2D eigenvalue weighted by Gasteiger charge is -2.42. The van der Waals surface area contributed by atoms with Crippen molar-refractivity contribution >= 4 is 17.3 Å². The first-order chi connectivity index (χ1) is 14.1. The van der Waals surface area contributed by atoms with Gasteiger partial charge in [-0.25, -0.2) is 4.98 Å². The monoisotopic (exact) mass is 388 g/mol. The van der Waals surface area contributed by atoms with Crippen LogP contribution in [0.2, 0.25) is 0 Å². The molecule has 1 aliphatic heterocycles. The standard InChI is InChI=1S/C22H24N6O/c1-15-6-4-7-18(12-15)27-10-9-26(14-17(27)3)20-13-16(2)23-22-24-21(25-28(20)22)19-8-5-11-29-19/h4-8,11-13,17H,9-10,14H2,1-3H3/t17-/m0/s1. The topological polar surface area (TPSA) is 62.7 Å². The SMILES string of the molecule is Cc1cccc(N2CCN(c3cc(C)nc4nc(-c5ccco5)nn34)C[C@@H]2C)c1. The van der Waals surface area contributed by atoms with Crippen molar-refractivity contribution in [1.29, 1.82) is 0 Å². The number of aromatic nitrogens is 4. The van der Waals surface area contributed by atoms with Crippen LogP contribution in [0.25, 0.3) is 17.4 Å². The summed E-state index contributed by atoms with van der Waals surface area (Å²) in [5.74, 6) is 2.83. The predicted molar refractivity (Wildman–Crippen MR) is 113 cm³/mol. The Bertz CT molecular complexity index is 1150. The number of aryl methyl sites for hydroxylation is 2. The maximum absolute atomic E-state index is 5.47. The molecule has 1 fully saturated rings. The maximum Gasteiger partial charge on any atom is 0.254 e. The smallest absolute Gasteiger partial charge is 0.254 e. The van der Waals surface area contributed by atoms with Crippen LogP contribution in [-0.4, -0.2) is 45.3 Å². The summed E-state index contributed by atoms with van der Waals surface area (Å²) in [5.41, 5.74) is 3.50. The van der Waals surface area contributed by atoms with Crippen molar-refractivity contribution in [3.63, 3.8) is 0 Å². The van der Waals surface area contributed by atoms with Crippen molar-refractivity contribution in [2.24, 2.45) is 0 Å². The van der Waals surface area contributed by atoms with Crippen molar-refractivity contribution in [3.8, 4) is 11.6 Å². The second-order valence-corrected chi connectivity index (χ2v) is 7.71. The normalized spacial score (nSPS) is 17.3. The summed E-state index contributed by atoms with van der Waals surface area (Å²) in [4.78, 5) is 14.0. The van der Waals surface area contributed by atoms with Gasteiger partial charge in [-0.3, -0.25) is 0 Å². The second-order valence-electron chi connectivity index (χ2n) is 7.71. The van der Waals surface area contributed by atoms with Crippen LogP contribution in [0.3, 0.4) is 0 Å². The van der Waals surface area contributed by atoms with Crippen LogP contribution in [0.15, 0.2) is 53.1 Å². The third-order valence-corrected chi connectivity index (χ3v) is 5.45. The van der Waals surface area contributed by atoms with Gasteiger partial charge >= 0.3 is 0 Å². The Hall–Kier alpha value is -3.35. The highest BCUT2D eigenvalue weighted by Crippen LogP contribution is 2.26. The number of piperazine rings is 1. The Morgan fingerprint density at radius 2 is 1.93 bits per heavy atom. The minimum atomic E-state index is 0.377. The van der Waals surface area contributed by atoms with Crippen LogP contribution in [0, 0.1) is 13.8 Å². The molecule has 1 aromatic carbocycles. The molecule has 5 rings (SSSR count). The predicted octanol–water partition coefficient (Wildman–Crippen LogP) is 3.72. The minimum absolute atomic E-state index is 0.377. The molecule has 0 radical (unpaired) electrons. The van der Waals surface area contributed by atoms with Gasteiger partial charge in [-0.05, 0) is 50.6 Å². The Morgan fingerprint density at radius 1 is 1.03 bits per heavy atom.